The number of carbonyl (C=O) groups excluding carboxylic acids is 3. The van der Waals surface area contributed by atoms with Gasteiger partial charge in [-0.2, -0.15) is 0 Å². The van der Waals surface area contributed by atoms with Gasteiger partial charge in [0.2, 0.25) is 5.91 Å². The molecular weight excluding hydrogens is 364 g/mol. The number of carbonyl (C=O) groups is 3. The third-order valence-electron chi connectivity index (χ3n) is 4.38. The molecule has 2 aromatic rings. The third kappa shape index (κ3) is 4.74. The lowest BCUT2D eigenvalue weighted by Crippen LogP contribution is -2.42. The summed E-state index contributed by atoms with van der Waals surface area (Å²) in [7, 11) is 0. The van der Waals surface area contributed by atoms with E-state index in [9.17, 15) is 14.4 Å². The summed E-state index contributed by atoms with van der Waals surface area (Å²) in [6.45, 7) is 2.55. The Morgan fingerprint density at radius 3 is 2.67 bits per heavy atom. The molecule has 1 saturated heterocycles. The Bertz CT molecular complexity index is 802. The van der Waals surface area contributed by atoms with Crippen LogP contribution < -0.4 is 10.1 Å². The third-order valence-corrected chi connectivity index (χ3v) is 5.25. The van der Waals surface area contributed by atoms with Gasteiger partial charge < -0.3 is 15.0 Å². The lowest BCUT2D eigenvalue weighted by Gasteiger charge is -2.23. The van der Waals surface area contributed by atoms with Crippen molar-refractivity contribution >= 4 is 34.8 Å². The number of hydrogen-bond acceptors (Lipinski definition) is 5. The van der Waals surface area contributed by atoms with Gasteiger partial charge in [0, 0.05) is 18.7 Å². The average Bonchev–Trinajstić information content (AvgIpc) is 3.35. The first-order chi connectivity index (χ1) is 13.1. The van der Waals surface area contributed by atoms with Crippen LogP contribution in [0.15, 0.2) is 41.8 Å². The Morgan fingerprint density at radius 1 is 1.22 bits per heavy atom. The summed E-state index contributed by atoms with van der Waals surface area (Å²) in [6.07, 6.45) is 2.64. The van der Waals surface area contributed by atoms with Crippen LogP contribution in [0.5, 0.6) is 5.75 Å². The van der Waals surface area contributed by atoms with Gasteiger partial charge in [0.05, 0.1) is 4.88 Å². The Hall–Kier alpha value is -2.67. The second kappa shape index (κ2) is 8.81. The summed E-state index contributed by atoms with van der Waals surface area (Å²) in [5.41, 5.74) is 0.619. The molecule has 1 aromatic heterocycles. The summed E-state index contributed by atoms with van der Waals surface area (Å²) >= 11 is 1.37. The molecule has 0 aliphatic carbocycles. The van der Waals surface area contributed by atoms with Crippen molar-refractivity contribution in [2.45, 2.75) is 38.6 Å². The van der Waals surface area contributed by atoms with Crippen molar-refractivity contribution in [2.24, 2.45) is 0 Å². The molecule has 6 nitrogen and oxygen atoms in total. The molecule has 3 rings (SSSR count). The molecule has 0 bridgehead atoms. The van der Waals surface area contributed by atoms with Gasteiger partial charge in [-0.25, -0.2) is 4.79 Å². The van der Waals surface area contributed by atoms with E-state index >= 15 is 0 Å². The fourth-order valence-corrected chi connectivity index (χ4v) is 3.68. The van der Waals surface area contributed by atoms with Crippen LogP contribution in [0.25, 0.3) is 0 Å². The van der Waals surface area contributed by atoms with Gasteiger partial charge in [0.1, 0.15) is 11.8 Å². The summed E-state index contributed by atoms with van der Waals surface area (Å²) in [4.78, 5) is 38.9. The summed E-state index contributed by atoms with van der Waals surface area (Å²) in [6, 6.07) is 9.70. The second-order valence-corrected chi connectivity index (χ2v) is 7.32. The molecule has 0 saturated carbocycles. The highest BCUT2D eigenvalue weighted by Gasteiger charge is 2.34. The molecule has 1 unspecified atom stereocenters. The molecule has 1 atom stereocenters. The molecule has 7 heteroatoms. The summed E-state index contributed by atoms with van der Waals surface area (Å²) < 4.78 is 5.45. The molecule has 1 N–H and O–H groups in total. The normalized spacial score (nSPS) is 16.2. The molecule has 2 amide bonds. The van der Waals surface area contributed by atoms with Gasteiger partial charge in [-0.3, -0.25) is 9.59 Å². The zero-order valence-corrected chi connectivity index (χ0v) is 16.0. The molecule has 1 aliphatic heterocycles. The fraction of sp³-hybridized carbons (Fsp3) is 0.350. The van der Waals surface area contributed by atoms with Crippen molar-refractivity contribution in [3.8, 4) is 5.75 Å². The molecule has 1 fully saturated rings. The molecule has 1 aliphatic rings. The van der Waals surface area contributed by atoms with Gasteiger partial charge in [-0.15, -0.1) is 11.3 Å². The number of rotatable bonds is 6. The molecule has 142 valence electrons. The monoisotopic (exact) mass is 386 g/mol. The van der Waals surface area contributed by atoms with Crippen molar-refractivity contribution < 1.29 is 19.1 Å². The van der Waals surface area contributed by atoms with Gasteiger partial charge in [-0.1, -0.05) is 13.0 Å². The van der Waals surface area contributed by atoms with E-state index in [0.717, 1.165) is 12.8 Å². The van der Waals surface area contributed by atoms with Crippen LogP contribution in [0.1, 0.15) is 42.3 Å². The first-order valence-electron chi connectivity index (χ1n) is 9.04. The van der Waals surface area contributed by atoms with E-state index < -0.39 is 12.0 Å². The number of nitrogens with one attached hydrogen (secondary N) is 1. The van der Waals surface area contributed by atoms with Crippen molar-refractivity contribution in [1.29, 1.82) is 0 Å². The standard InChI is InChI=1S/C20H22N2O4S/c1-2-5-18(23)22-12-3-6-16(22)20(25)26-15-10-8-14(9-11-15)21-19(24)17-7-4-13-27-17/h4,7-11,13,16H,2-3,5-6,12H2,1H3,(H,21,24). The zero-order chi connectivity index (χ0) is 19.2. The topological polar surface area (TPSA) is 75.7 Å². The minimum Gasteiger partial charge on any atom is -0.425 e. The molecule has 1 aromatic carbocycles. The fourth-order valence-electron chi connectivity index (χ4n) is 3.06. The van der Waals surface area contributed by atoms with E-state index in [0.29, 0.717) is 35.7 Å². The van der Waals surface area contributed by atoms with Crippen molar-refractivity contribution in [2.75, 3.05) is 11.9 Å². The van der Waals surface area contributed by atoms with Gasteiger partial charge in [-0.05, 0) is 55.0 Å². The van der Waals surface area contributed by atoms with Crippen LogP contribution >= 0.6 is 11.3 Å². The van der Waals surface area contributed by atoms with Crippen LogP contribution in [-0.4, -0.2) is 35.3 Å². The number of anilines is 1. The number of benzene rings is 1. The highest BCUT2D eigenvalue weighted by atomic mass is 32.1. The van der Waals surface area contributed by atoms with Gasteiger partial charge in [0.15, 0.2) is 0 Å². The SMILES string of the molecule is CCCC(=O)N1CCCC1C(=O)Oc1ccc(NC(=O)c2cccs2)cc1. The summed E-state index contributed by atoms with van der Waals surface area (Å²) in [5.74, 6) is -0.189. The number of hydrogen-bond donors (Lipinski definition) is 1. The number of thiophene rings is 1. The van der Waals surface area contributed by atoms with Gasteiger partial charge >= 0.3 is 5.97 Å². The van der Waals surface area contributed by atoms with E-state index in [1.807, 2.05) is 18.4 Å². The van der Waals surface area contributed by atoms with Crippen molar-refractivity contribution in [3.63, 3.8) is 0 Å². The number of likely N-dealkylation sites (tertiary alicyclic amines) is 1. The van der Waals surface area contributed by atoms with E-state index in [1.54, 1.807) is 35.2 Å². The molecule has 2 heterocycles. The zero-order valence-electron chi connectivity index (χ0n) is 15.1. The van der Waals surface area contributed by atoms with Crippen LogP contribution in [0.3, 0.4) is 0 Å². The molecule has 0 radical (unpaired) electrons. The maximum atomic E-state index is 12.5. The maximum absolute atomic E-state index is 12.5. The molecule has 27 heavy (non-hydrogen) atoms. The Kier molecular flexibility index (Phi) is 6.24. The first-order valence-corrected chi connectivity index (χ1v) is 9.92. The largest absolute Gasteiger partial charge is 0.425 e. The lowest BCUT2D eigenvalue weighted by atomic mass is 10.2. The highest BCUT2D eigenvalue weighted by molar-refractivity contribution is 7.12. The predicted molar refractivity (Wildman–Crippen MR) is 104 cm³/mol. The second-order valence-electron chi connectivity index (χ2n) is 6.37. The van der Waals surface area contributed by atoms with Crippen LogP contribution in [0, 0.1) is 0 Å². The van der Waals surface area contributed by atoms with Gasteiger partial charge in [0.25, 0.3) is 5.91 Å². The maximum Gasteiger partial charge on any atom is 0.334 e. The van der Waals surface area contributed by atoms with E-state index in [4.69, 9.17) is 4.74 Å². The number of amides is 2. The Morgan fingerprint density at radius 2 is 2.00 bits per heavy atom. The Balaban J connectivity index is 1.58. The highest BCUT2D eigenvalue weighted by Crippen LogP contribution is 2.23. The number of esters is 1. The van der Waals surface area contributed by atoms with Crippen molar-refractivity contribution in [3.05, 3.63) is 46.7 Å². The van der Waals surface area contributed by atoms with Crippen LogP contribution in [0.4, 0.5) is 5.69 Å². The number of ether oxygens (including phenoxy) is 1. The molecular formula is C20H22N2O4S. The van der Waals surface area contributed by atoms with Crippen LogP contribution in [0.2, 0.25) is 0 Å². The van der Waals surface area contributed by atoms with E-state index in [2.05, 4.69) is 5.32 Å². The predicted octanol–water partition coefficient (Wildman–Crippen LogP) is 3.70. The number of nitrogens with zero attached hydrogens (tertiary/aromatic N) is 1. The lowest BCUT2D eigenvalue weighted by molar-refractivity contribution is -0.146. The minimum absolute atomic E-state index is 0.00332. The van der Waals surface area contributed by atoms with E-state index in [-0.39, 0.29) is 11.8 Å². The average molecular weight is 386 g/mol. The van der Waals surface area contributed by atoms with Crippen LogP contribution in [-0.2, 0) is 9.59 Å². The first kappa shape index (κ1) is 19.1. The smallest absolute Gasteiger partial charge is 0.334 e. The summed E-state index contributed by atoms with van der Waals surface area (Å²) in [5, 5.41) is 4.64. The Labute approximate surface area is 162 Å². The minimum atomic E-state index is -0.512. The molecule has 0 spiro atoms. The van der Waals surface area contributed by atoms with Crippen molar-refractivity contribution in [1.82, 2.24) is 4.90 Å². The van der Waals surface area contributed by atoms with E-state index in [1.165, 1.54) is 11.3 Å². The quantitative estimate of drug-likeness (QED) is 0.607.